The van der Waals surface area contributed by atoms with Gasteiger partial charge in [-0.1, -0.05) is 18.2 Å². The van der Waals surface area contributed by atoms with Crippen LogP contribution in [0.25, 0.3) is 10.7 Å². The molecular weight excluding hydrogens is 325 g/mol. The number of thiazole rings is 1. The molecule has 0 amide bonds. The SMILES string of the molecule is CC(O)(CNCc1cnc(-c2ccccn2)s1)c1ccc(F)cc1. The van der Waals surface area contributed by atoms with Gasteiger partial charge in [0.2, 0.25) is 0 Å². The van der Waals surface area contributed by atoms with Crippen molar-refractivity contribution in [1.29, 1.82) is 0 Å². The van der Waals surface area contributed by atoms with Crippen LogP contribution in [-0.4, -0.2) is 21.6 Å². The molecule has 2 aromatic heterocycles. The van der Waals surface area contributed by atoms with Gasteiger partial charge in [0.15, 0.2) is 0 Å². The van der Waals surface area contributed by atoms with Crippen LogP contribution in [0.15, 0.2) is 54.9 Å². The van der Waals surface area contributed by atoms with Gasteiger partial charge in [0.25, 0.3) is 0 Å². The van der Waals surface area contributed by atoms with Crippen molar-refractivity contribution in [3.8, 4) is 10.7 Å². The van der Waals surface area contributed by atoms with Gasteiger partial charge in [-0.2, -0.15) is 0 Å². The Balaban J connectivity index is 1.58. The van der Waals surface area contributed by atoms with Gasteiger partial charge < -0.3 is 10.4 Å². The van der Waals surface area contributed by atoms with Gasteiger partial charge in [0, 0.05) is 30.4 Å². The fourth-order valence-corrected chi connectivity index (χ4v) is 3.20. The van der Waals surface area contributed by atoms with E-state index in [1.165, 1.54) is 12.1 Å². The molecule has 124 valence electrons. The summed E-state index contributed by atoms with van der Waals surface area (Å²) in [6.45, 7) is 2.66. The first-order valence-corrected chi connectivity index (χ1v) is 8.41. The summed E-state index contributed by atoms with van der Waals surface area (Å²) in [6, 6.07) is 11.6. The number of hydrogen-bond acceptors (Lipinski definition) is 5. The van der Waals surface area contributed by atoms with Gasteiger partial charge in [-0.25, -0.2) is 9.37 Å². The molecule has 2 heterocycles. The zero-order chi connectivity index (χ0) is 17.0. The first-order chi connectivity index (χ1) is 11.5. The maximum absolute atomic E-state index is 13.0. The minimum atomic E-state index is -1.07. The predicted molar refractivity (Wildman–Crippen MR) is 93.0 cm³/mol. The van der Waals surface area contributed by atoms with Crippen molar-refractivity contribution >= 4 is 11.3 Å². The maximum atomic E-state index is 13.0. The summed E-state index contributed by atoms with van der Waals surface area (Å²) in [5.74, 6) is -0.311. The summed E-state index contributed by atoms with van der Waals surface area (Å²) in [4.78, 5) is 9.73. The molecule has 0 saturated heterocycles. The standard InChI is InChI=1S/C18H18FN3OS/c1-18(23,13-5-7-14(19)8-6-13)12-20-10-15-11-22-17(24-15)16-4-2-3-9-21-16/h2-9,11,20,23H,10,12H2,1H3. The first-order valence-electron chi connectivity index (χ1n) is 7.60. The van der Waals surface area contributed by atoms with Crippen LogP contribution in [0.4, 0.5) is 4.39 Å². The van der Waals surface area contributed by atoms with Crippen LogP contribution in [0.5, 0.6) is 0 Å². The summed E-state index contributed by atoms with van der Waals surface area (Å²) < 4.78 is 13.0. The highest BCUT2D eigenvalue weighted by molar-refractivity contribution is 7.14. The van der Waals surface area contributed by atoms with E-state index in [4.69, 9.17) is 0 Å². The normalized spacial score (nSPS) is 13.6. The smallest absolute Gasteiger partial charge is 0.142 e. The molecular formula is C18H18FN3OS. The minimum Gasteiger partial charge on any atom is -0.384 e. The number of rotatable bonds is 6. The lowest BCUT2D eigenvalue weighted by Gasteiger charge is -2.24. The van der Waals surface area contributed by atoms with Crippen LogP contribution in [-0.2, 0) is 12.1 Å². The topological polar surface area (TPSA) is 58.0 Å². The second-order valence-electron chi connectivity index (χ2n) is 5.73. The largest absolute Gasteiger partial charge is 0.384 e. The van der Waals surface area contributed by atoms with E-state index in [1.807, 2.05) is 24.4 Å². The summed E-state index contributed by atoms with van der Waals surface area (Å²) in [5, 5.41) is 14.6. The number of aromatic nitrogens is 2. The Morgan fingerprint density at radius 3 is 2.67 bits per heavy atom. The molecule has 0 aliphatic rings. The van der Waals surface area contributed by atoms with Crippen molar-refractivity contribution in [3.63, 3.8) is 0 Å². The average Bonchev–Trinajstić information content (AvgIpc) is 3.05. The monoisotopic (exact) mass is 343 g/mol. The van der Waals surface area contributed by atoms with Crippen molar-refractivity contribution < 1.29 is 9.50 Å². The quantitative estimate of drug-likeness (QED) is 0.721. The first kappa shape index (κ1) is 16.7. The number of hydrogen-bond donors (Lipinski definition) is 2. The molecule has 0 saturated carbocycles. The fraction of sp³-hybridized carbons (Fsp3) is 0.222. The Kier molecular flexibility index (Phi) is 4.99. The van der Waals surface area contributed by atoms with Crippen molar-refractivity contribution in [1.82, 2.24) is 15.3 Å². The van der Waals surface area contributed by atoms with Crippen molar-refractivity contribution in [2.75, 3.05) is 6.54 Å². The lowest BCUT2D eigenvalue weighted by molar-refractivity contribution is 0.0567. The summed E-state index contributed by atoms with van der Waals surface area (Å²) >= 11 is 1.57. The zero-order valence-electron chi connectivity index (χ0n) is 13.2. The molecule has 24 heavy (non-hydrogen) atoms. The molecule has 0 aliphatic heterocycles. The third-order valence-corrected chi connectivity index (χ3v) is 4.69. The van der Waals surface area contributed by atoms with Gasteiger partial charge in [0.1, 0.15) is 10.8 Å². The van der Waals surface area contributed by atoms with E-state index in [9.17, 15) is 9.50 Å². The Hall–Kier alpha value is -2.15. The minimum absolute atomic E-state index is 0.311. The maximum Gasteiger partial charge on any atom is 0.142 e. The zero-order valence-corrected chi connectivity index (χ0v) is 14.1. The number of halogens is 1. The molecule has 0 aliphatic carbocycles. The lowest BCUT2D eigenvalue weighted by Crippen LogP contribution is -2.35. The molecule has 6 heteroatoms. The van der Waals surface area contributed by atoms with E-state index in [1.54, 1.807) is 36.6 Å². The fourth-order valence-electron chi connectivity index (χ4n) is 2.34. The molecule has 0 spiro atoms. The molecule has 1 unspecified atom stereocenters. The Morgan fingerprint density at radius 2 is 1.96 bits per heavy atom. The second-order valence-corrected chi connectivity index (χ2v) is 6.85. The van der Waals surface area contributed by atoms with Crippen LogP contribution >= 0.6 is 11.3 Å². The van der Waals surface area contributed by atoms with Gasteiger partial charge in [-0.05, 0) is 36.8 Å². The third-order valence-electron chi connectivity index (χ3n) is 3.67. The molecule has 0 radical (unpaired) electrons. The molecule has 2 N–H and O–H groups in total. The van der Waals surface area contributed by atoms with Crippen molar-refractivity contribution in [2.24, 2.45) is 0 Å². The van der Waals surface area contributed by atoms with E-state index in [0.29, 0.717) is 18.7 Å². The third kappa shape index (κ3) is 4.03. The Bertz CT molecular complexity index is 788. The van der Waals surface area contributed by atoms with Crippen LogP contribution in [0.3, 0.4) is 0 Å². The van der Waals surface area contributed by atoms with E-state index < -0.39 is 5.60 Å². The molecule has 1 aromatic carbocycles. The highest BCUT2D eigenvalue weighted by Crippen LogP contribution is 2.24. The molecule has 3 aromatic rings. The average molecular weight is 343 g/mol. The van der Waals surface area contributed by atoms with Crippen molar-refractivity contribution in [2.45, 2.75) is 19.1 Å². The number of pyridine rings is 1. The second kappa shape index (κ2) is 7.17. The van der Waals surface area contributed by atoms with Crippen LogP contribution in [0, 0.1) is 5.82 Å². The summed E-state index contributed by atoms with van der Waals surface area (Å²) in [6.07, 6.45) is 3.56. The predicted octanol–water partition coefficient (Wildman–Crippen LogP) is 3.34. The molecule has 1 atom stereocenters. The van der Waals surface area contributed by atoms with Crippen molar-refractivity contribution in [3.05, 3.63) is 71.1 Å². The highest BCUT2D eigenvalue weighted by Gasteiger charge is 2.22. The van der Waals surface area contributed by atoms with Gasteiger partial charge in [-0.3, -0.25) is 4.98 Å². The number of benzene rings is 1. The van der Waals surface area contributed by atoms with Gasteiger partial charge in [-0.15, -0.1) is 11.3 Å². The molecule has 0 fully saturated rings. The molecule has 4 nitrogen and oxygen atoms in total. The Labute approximate surface area is 144 Å². The van der Waals surface area contributed by atoms with Crippen LogP contribution in [0.1, 0.15) is 17.4 Å². The van der Waals surface area contributed by atoms with E-state index in [-0.39, 0.29) is 5.82 Å². The van der Waals surface area contributed by atoms with E-state index >= 15 is 0 Å². The number of aliphatic hydroxyl groups is 1. The number of nitrogens with one attached hydrogen (secondary N) is 1. The van der Waals surface area contributed by atoms with Gasteiger partial charge >= 0.3 is 0 Å². The van der Waals surface area contributed by atoms with Gasteiger partial charge in [0.05, 0.1) is 11.3 Å². The molecule has 0 bridgehead atoms. The van der Waals surface area contributed by atoms with E-state index in [0.717, 1.165) is 15.6 Å². The lowest BCUT2D eigenvalue weighted by atomic mass is 9.96. The van der Waals surface area contributed by atoms with Crippen LogP contribution < -0.4 is 5.32 Å². The molecule has 3 rings (SSSR count). The highest BCUT2D eigenvalue weighted by atomic mass is 32.1. The van der Waals surface area contributed by atoms with E-state index in [2.05, 4.69) is 15.3 Å². The van der Waals surface area contributed by atoms with Crippen LogP contribution in [0.2, 0.25) is 0 Å². The number of nitrogens with zero attached hydrogens (tertiary/aromatic N) is 2. The summed E-state index contributed by atoms with van der Waals surface area (Å²) in [7, 11) is 0. The summed E-state index contributed by atoms with van der Waals surface area (Å²) in [5.41, 5.74) is 0.462. The Morgan fingerprint density at radius 1 is 1.17 bits per heavy atom.